The lowest BCUT2D eigenvalue weighted by Gasteiger charge is -2.36. The molecule has 0 bridgehead atoms. The summed E-state index contributed by atoms with van der Waals surface area (Å²) in [5, 5.41) is 22.0. The van der Waals surface area contributed by atoms with E-state index < -0.39 is 0 Å². The highest BCUT2D eigenvalue weighted by Crippen LogP contribution is 2.45. The smallest absolute Gasteiger partial charge is 0.115 e. The van der Waals surface area contributed by atoms with E-state index in [1.54, 1.807) is 24.3 Å². The number of benzene rings is 4. The van der Waals surface area contributed by atoms with Gasteiger partial charge in [0.2, 0.25) is 0 Å². The lowest BCUT2D eigenvalue weighted by molar-refractivity contribution is 0.473. The molecule has 134 valence electrons. The first-order valence-corrected chi connectivity index (χ1v) is 9.22. The fourth-order valence-electron chi connectivity index (χ4n) is 4.17. The first-order valence-electron chi connectivity index (χ1n) is 9.22. The van der Waals surface area contributed by atoms with Crippen molar-refractivity contribution in [2.45, 2.75) is 18.8 Å². The zero-order chi connectivity index (χ0) is 18.9. The van der Waals surface area contributed by atoms with E-state index in [9.17, 15) is 10.2 Å². The summed E-state index contributed by atoms with van der Waals surface area (Å²) in [6.45, 7) is 2.18. The molecule has 2 N–H and O–H groups in total. The largest absolute Gasteiger partial charge is 0.508 e. The van der Waals surface area contributed by atoms with E-state index in [-0.39, 0.29) is 16.9 Å². The van der Waals surface area contributed by atoms with Gasteiger partial charge in [-0.05, 0) is 58.1 Å². The van der Waals surface area contributed by atoms with Crippen LogP contribution in [0.4, 0.5) is 0 Å². The number of fused-ring (bicyclic) bond motifs is 1. The fourth-order valence-corrected chi connectivity index (χ4v) is 4.17. The van der Waals surface area contributed by atoms with Crippen molar-refractivity contribution >= 4 is 10.8 Å². The predicted octanol–water partition coefficient (Wildman–Crippen LogP) is 6.00. The third kappa shape index (κ3) is 2.83. The van der Waals surface area contributed by atoms with Crippen molar-refractivity contribution in [3.05, 3.63) is 108 Å². The van der Waals surface area contributed by atoms with Crippen molar-refractivity contribution in [2.75, 3.05) is 0 Å². The van der Waals surface area contributed by atoms with Crippen LogP contribution in [0.2, 0.25) is 0 Å². The summed E-state index contributed by atoms with van der Waals surface area (Å²) in [7, 11) is 0. The zero-order valence-electron chi connectivity index (χ0n) is 15.3. The molecule has 0 heterocycles. The average Bonchev–Trinajstić information content (AvgIpc) is 2.71. The van der Waals surface area contributed by atoms with Gasteiger partial charge in [0.25, 0.3) is 0 Å². The zero-order valence-corrected chi connectivity index (χ0v) is 15.3. The molecule has 0 unspecified atom stereocenters. The normalized spacial score (nSPS) is 11.6. The van der Waals surface area contributed by atoms with Gasteiger partial charge in [0.05, 0.1) is 0 Å². The molecule has 27 heavy (non-hydrogen) atoms. The van der Waals surface area contributed by atoms with Crippen LogP contribution >= 0.6 is 0 Å². The summed E-state index contributed by atoms with van der Waals surface area (Å²) in [4.78, 5) is 0. The highest BCUT2D eigenvalue weighted by atomic mass is 16.3. The number of aromatic hydroxyl groups is 2. The van der Waals surface area contributed by atoms with E-state index in [0.717, 1.165) is 17.5 Å². The van der Waals surface area contributed by atoms with E-state index in [1.165, 1.54) is 16.3 Å². The highest BCUT2D eigenvalue weighted by Gasteiger charge is 2.35. The number of phenolic OH excluding ortho intramolecular Hbond substituents is 2. The molecule has 0 fully saturated rings. The minimum atomic E-state index is -0.387. The van der Waals surface area contributed by atoms with Crippen LogP contribution in [0.15, 0.2) is 91.0 Å². The van der Waals surface area contributed by atoms with Crippen molar-refractivity contribution < 1.29 is 10.2 Å². The maximum absolute atomic E-state index is 9.81. The van der Waals surface area contributed by atoms with Crippen molar-refractivity contribution in [2.24, 2.45) is 0 Å². The summed E-state index contributed by atoms with van der Waals surface area (Å²) in [6, 6.07) is 29.8. The molecule has 4 rings (SSSR count). The van der Waals surface area contributed by atoms with Crippen LogP contribution in [0.25, 0.3) is 10.8 Å². The Morgan fingerprint density at radius 2 is 1.15 bits per heavy atom. The molecular weight excluding hydrogens is 332 g/mol. The van der Waals surface area contributed by atoms with Crippen LogP contribution < -0.4 is 0 Å². The lowest BCUT2D eigenvalue weighted by Crippen LogP contribution is -2.28. The maximum Gasteiger partial charge on any atom is 0.115 e. The second kappa shape index (κ2) is 6.81. The van der Waals surface area contributed by atoms with Crippen LogP contribution in [0.5, 0.6) is 11.5 Å². The van der Waals surface area contributed by atoms with Gasteiger partial charge in [-0.2, -0.15) is 0 Å². The number of hydrogen-bond acceptors (Lipinski definition) is 2. The molecule has 0 aliphatic carbocycles. The molecule has 0 aliphatic heterocycles. The molecular formula is C25H22O2. The number of phenols is 2. The fraction of sp³-hybridized carbons (Fsp3) is 0.120. The molecule has 2 nitrogen and oxygen atoms in total. The molecule has 0 saturated heterocycles. The monoisotopic (exact) mass is 354 g/mol. The van der Waals surface area contributed by atoms with Gasteiger partial charge in [-0.25, -0.2) is 0 Å². The predicted molar refractivity (Wildman–Crippen MR) is 110 cm³/mol. The molecule has 0 aliphatic rings. The molecule has 0 radical (unpaired) electrons. The van der Waals surface area contributed by atoms with E-state index in [0.29, 0.717) is 0 Å². The second-order valence-electron chi connectivity index (χ2n) is 6.88. The van der Waals surface area contributed by atoms with Crippen molar-refractivity contribution in [1.29, 1.82) is 0 Å². The SMILES string of the molecule is CCC(c1ccc(O)cc1)(c1ccc(O)cc1)c1cccc2ccccc12. The van der Waals surface area contributed by atoms with Gasteiger partial charge < -0.3 is 10.2 Å². The molecule has 4 aromatic carbocycles. The van der Waals surface area contributed by atoms with E-state index in [2.05, 4.69) is 49.4 Å². The van der Waals surface area contributed by atoms with Gasteiger partial charge in [0, 0.05) is 5.41 Å². The summed E-state index contributed by atoms with van der Waals surface area (Å²) >= 11 is 0. The van der Waals surface area contributed by atoms with Crippen LogP contribution in [0, 0.1) is 0 Å². The summed E-state index contributed by atoms with van der Waals surface area (Å²) in [5.74, 6) is 0.514. The minimum Gasteiger partial charge on any atom is -0.508 e. The van der Waals surface area contributed by atoms with E-state index >= 15 is 0 Å². The molecule has 2 heteroatoms. The molecule has 0 atom stereocenters. The first kappa shape index (κ1) is 17.2. The minimum absolute atomic E-state index is 0.257. The van der Waals surface area contributed by atoms with E-state index in [4.69, 9.17) is 0 Å². The van der Waals surface area contributed by atoms with Crippen molar-refractivity contribution in [3.63, 3.8) is 0 Å². The van der Waals surface area contributed by atoms with Gasteiger partial charge in [-0.15, -0.1) is 0 Å². The Bertz CT molecular complexity index is 1010. The van der Waals surface area contributed by atoms with Crippen LogP contribution in [0.3, 0.4) is 0 Å². The Morgan fingerprint density at radius 3 is 1.70 bits per heavy atom. The number of rotatable bonds is 4. The third-order valence-corrected chi connectivity index (χ3v) is 5.50. The van der Waals surface area contributed by atoms with Crippen LogP contribution in [-0.4, -0.2) is 10.2 Å². The Labute approximate surface area is 159 Å². The summed E-state index contributed by atoms with van der Waals surface area (Å²) < 4.78 is 0. The second-order valence-corrected chi connectivity index (χ2v) is 6.88. The average molecular weight is 354 g/mol. The highest BCUT2D eigenvalue weighted by molar-refractivity contribution is 5.88. The molecule has 0 spiro atoms. The number of hydrogen-bond donors (Lipinski definition) is 2. The van der Waals surface area contributed by atoms with Gasteiger partial charge in [0.1, 0.15) is 11.5 Å². The van der Waals surface area contributed by atoms with Crippen LogP contribution in [0.1, 0.15) is 30.0 Å². The topological polar surface area (TPSA) is 40.5 Å². The summed E-state index contributed by atoms with van der Waals surface area (Å²) in [6.07, 6.45) is 0.844. The Morgan fingerprint density at radius 1 is 0.630 bits per heavy atom. The third-order valence-electron chi connectivity index (χ3n) is 5.50. The molecule has 4 aromatic rings. The van der Waals surface area contributed by atoms with Crippen molar-refractivity contribution in [3.8, 4) is 11.5 Å². The quantitative estimate of drug-likeness (QED) is 0.442. The van der Waals surface area contributed by atoms with Gasteiger partial charge >= 0.3 is 0 Å². The van der Waals surface area contributed by atoms with E-state index in [1.807, 2.05) is 24.3 Å². The molecule has 0 aromatic heterocycles. The van der Waals surface area contributed by atoms with Gasteiger partial charge in [0.15, 0.2) is 0 Å². The van der Waals surface area contributed by atoms with Crippen molar-refractivity contribution in [1.82, 2.24) is 0 Å². The first-order chi connectivity index (χ1) is 13.1. The Hall–Kier alpha value is -3.26. The molecule has 0 saturated carbocycles. The Kier molecular flexibility index (Phi) is 4.33. The Balaban J connectivity index is 2.09. The summed E-state index contributed by atoms with van der Waals surface area (Å²) in [5.41, 5.74) is 3.07. The molecule has 0 amide bonds. The lowest BCUT2D eigenvalue weighted by atomic mass is 9.66. The maximum atomic E-state index is 9.81. The van der Waals surface area contributed by atoms with Gasteiger partial charge in [-0.3, -0.25) is 0 Å². The van der Waals surface area contributed by atoms with Crippen LogP contribution in [-0.2, 0) is 5.41 Å². The van der Waals surface area contributed by atoms with Gasteiger partial charge in [-0.1, -0.05) is 73.7 Å². The standard InChI is InChI=1S/C25H22O2/c1-2-25(19-10-14-21(26)15-11-19,20-12-16-22(27)17-13-20)24-9-5-7-18-6-3-4-8-23(18)24/h3-17,26-27H,2H2,1H3.